The van der Waals surface area contributed by atoms with Gasteiger partial charge >= 0.3 is 0 Å². The number of hydrogen-bond donors (Lipinski definition) is 0. The molecule has 14 heavy (non-hydrogen) atoms. The van der Waals surface area contributed by atoms with Gasteiger partial charge in [-0.05, 0) is 54.2 Å². The predicted molar refractivity (Wildman–Crippen MR) is 64.5 cm³/mol. The average Bonchev–Trinajstić information content (AvgIpc) is 2.12. The summed E-state index contributed by atoms with van der Waals surface area (Å²) in [5.74, 6) is 0.237. The van der Waals surface area contributed by atoms with Crippen LogP contribution in [0.25, 0.3) is 0 Å². The number of hydrogen-bond acceptors (Lipinski definition) is 2. The third-order valence-electron chi connectivity index (χ3n) is 2.48. The Kier molecular flexibility index (Phi) is 3.18. The van der Waals surface area contributed by atoms with E-state index in [4.69, 9.17) is 0 Å². The van der Waals surface area contributed by atoms with Crippen molar-refractivity contribution in [2.24, 2.45) is 0 Å². The molecule has 74 valence electrons. The molecule has 0 bridgehead atoms. The van der Waals surface area contributed by atoms with Crippen molar-refractivity contribution in [3.63, 3.8) is 0 Å². The van der Waals surface area contributed by atoms with Gasteiger partial charge in [-0.2, -0.15) is 0 Å². The fourth-order valence-corrected chi connectivity index (χ4v) is 1.83. The molecule has 1 aromatic rings. The first-order valence-corrected chi connectivity index (χ1v) is 5.85. The number of Topliss-reactive ketones (excluding diaryl/α,β-unsaturated/α-hetero) is 1. The van der Waals surface area contributed by atoms with Crippen LogP contribution in [0.4, 0.5) is 0 Å². The van der Waals surface area contributed by atoms with Gasteiger partial charge in [0.2, 0.25) is 0 Å². The molecule has 0 spiro atoms. The molecule has 3 heteroatoms. The molecule has 2 nitrogen and oxygen atoms in total. The van der Waals surface area contributed by atoms with Crippen molar-refractivity contribution >= 4 is 28.4 Å². The molecule has 0 saturated carbocycles. The Morgan fingerprint density at radius 1 is 1.29 bits per heavy atom. The Morgan fingerprint density at radius 2 is 1.93 bits per heavy atom. The van der Waals surface area contributed by atoms with Gasteiger partial charge in [-0.1, -0.05) is 12.1 Å². The van der Waals surface area contributed by atoms with Gasteiger partial charge in [0.05, 0.1) is 6.54 Å². The van der Waals surface area contributed by atoms with Crippen molar-refractivity contribution in [3.05, 3.63) is 33.4 Å². The first kappa shape index (κ1) is 10.1. The summed E-state index contributed by atoms with van der Waals surface area (Å²) in [6.07, 6.45) is 1.24. The Bertz CT molecular complexity index is 330. The second-order valence-corrected chi connectivity index (χ2v) is 4.81. The third kappa shape index (κ3) is 2.33. The zero-order valence-electron chi connectivity index (χ0n) is 7.87. The van der Waals surface area contributed by atoms with E-state index in [0.29, 0.717) is 6.54 Å². The molecule has 1 aromatic carbocycles. The van der Waals surface area contributed by atoms with Crippen LogP contribution in [-0.2, 0) is 0 Å². The van der Waals surface area contributed by atoms with Crippen LogP contribution in [-0.4, -0.2) is 30.3 Å². The summed E-state index contributed by atoms with van der Waals surface area (Å²) in [5.41, 5.74) is 0.831. The molecule has 0 N–H and O–H groups in total. The first-order valence-electron chi connectivity index (χ1n) is 4.77. The van der Waals surface area contributed by atoms with Crippen LogP contribution in [0.15, 0.2) is 24.3 Å². The van der Waals surface area contributed by atoms with E-state index in [1.54, 1.807) is 0 Å². The minimum atomic E-state index is 0.237. The van der Waals surface area contributed by atoms with E-state index >= 15 is 0 Å². The molecule has 0 aromatic heterocycles. The highest BCUT2D eigenvalue weighted by molar-refractivity contribution is 14.1. The second kappa shape index (κ2) is 4.40. The molecule has 1 aliphatic rings. The van der Waals surface area contributed by atoms with Crippen LogP contribution < -0.4 is 0 Å². The Morgan fingerprint density at radius 3 is 2.43 bits per heavy atom. The number of nitrogens with zero attached hydrogens (tertiary/aromatic N) is 1. The maximum Gasteiger partial charge on any atom is 0.176 e. The Hall–Kier alpha value is -0.420. The van der Waals surface area contributed by atoms with Crippen LogP contribution in [0.5, 0.6) is 0 Å². The van der Waals surface area contributed by atoms with E-state index in [0.717, 1.165) is 18.7 Å². The fraction of sp³-hybridized carbons (Fsp3) is 0.364. The van der Waals surface area contributed by atoms with E-state index in [9.17, 15) is 4.79 Å². The van der Waals surface area contributed by atoms with E-state index in [-0.39, 0.29) is 5.78 Å². The molecule has 1 fully saturated rings. The van der Waals surface area contributed by atoms with E-state index in [2.05, 4.69) is 27.5 Å². The zero-order chi connectivity index (χ0) is 9.97. The van der Waals surface area contributed by atoms with Gasteiger partial charge in [-0.25, -0.2) is 0 Å². The molecular weight excluding hydrogens is 289 g/mol. The van der Waals surface area contributed by atoms with Gasteiger partial charge in [0.25, 0.3) is 0 Å². The monoisotopic (exact) mass is 301 g/mol. The average molecular weight is 301 g/mol. The lowest BCUT2D eigenvalue weighted by Crippen LogP contribution is -2.40. The summed E-state index contributed by atoms with van der Waals surface area (Å²) in [6, 6.07) is 7.77. The standard InChI is InChI=1S/C11H12INO/c12-10-4-2-9(3-5-10)11(14)8-13-6-1-7-13/h2-5H,1,6-8H2. The van der Waals surface area contributed by atoms with Gasteiger partial charge in [0, 0.05) is 9.13 Å². The minimum absolute atomic E-state index is 0.237. The molecule has 0 unspecified atom stereocenters. The van der Waals surface area contributed by atoms with E-state index in [1.165, 1.54) is 9.99 Å². The number of ketones is 1. The summed E-state index contributed by atoms with van der Waals surface area (Å²) in [5, 5.41) is 0. The lowest BCUT2D eigenvalue weighted by atomic mass is 10.1. The minimum Gasteiger partial charge on any atom is -0.296 e. The molecule has 0 radical (unpaired) electrons. The maximum absolute atomic E-state index is 11.7. The Labute approximate surface area is 97.4 Å². The zero-order valence-corrected chi connectivity index (χ0v) is 10.0. The van der Waals surface area contributed by atoms with Crippen molar-refractivity contribution in [2.75, 3.05) is 19.6 Å². The third-order valence-corrected chi connectivity index (χ3v) is 3.20. The highest BCUT2D eigenvalue weighted by atomic mass is 127. The van der Waals surface area contributed by atoms with Gasteiger partial charge < -0.3 is 0 Å². The summed E-state index contributed by atoms with van der Waals surface area (Å²) < 4.78 is 1.17. The summed E-state index contributed by atoms with van der Waals surface area (Å²) >= 11 is 2.24. The molecule has 1 heterocycles. The fourth-order valence-electron chi connectivity index (χ4n) is 1.47. The number of likely N-dealkylation sites (tertiary alicyclic amines) is 1. The molecule has 1 aliphatic heterocycles. The smallest absolute Gasteiger partial charge is 0.176 e. The summed E-state index contributed by atoms with van der Waals surface area (Å²) in [7, 11) is 0. The molecule has 0 atom stereocenters. The lowest BCUT2D eigenvalue weighted by Gasteiger charge is -2.29. The SMILES string of the molecule is O=C(CN1CCC1)c1ccc(I)cc1. The van der Waals surface area contributed by atoms with Crippen molar-refractivity contribution in [2.45, 2.75) is 6.42 Å². The van der Waals surface area contributed by atoms with Gasteiger partial charge in [0.1, 0.15) is 0 Å². The lowest BCUT2D eigenvalue weighted by molar-refractivity contribution is 0.0875. The summed E-state index contributed by atoms with van der Waals surface area (Å²) in [4.78, 5) is 13.9. The van der Waals surface area contributed by atoms with Crippen LogP contribution in [0.2, 0.25) is 0 Å². The molecule has 0 aliphatic carbocycles. The number of rotatable bonds is 3. The van der Waals surface area contributed by atoms with Gasteiger partial charge in [-0.15, -0.1) is 0 Å². The summed E-state index contributed by atoms with van der Waals surface area (Å²) in [6.45, 7) is 2.74. The normalized spacial score (nSPS) is 16.4. The molecular formula is C11H12INO. The van der Waals surface area contributed by atoms with Gasteiger partial charge in [-0.3, -0.25) is 9.69 Å². The van der Waals surface area contributed by atoms with Crippen molar-refractivity contribution in [1.29, 1.82) is 0 Å². The molecule has 1 saturated heterocycles. The predicted octanol–water partition coefficient (Wildman–Crippen LogP) is 2.18. The van der Waals surface area contributed by atoms with E-state index in [1.807, 2.05) is 24.3 Å². The van der Waals surface area contributed by atoms with Crippen LogP contribution in [0, 0.1) is 3.57 Å². The Balaban J connectivity index is 1.99. The molecule has 0 amide bonds. The van der Waals surface area contributed by atoms with Crippen LogP contribution in [0.1, 0.15) is 16.8 Å². The van der Waals surface area contributed by atoms with Crippen LogP contribution >= 0.6 is 22.6 Å². The largest absolute Gasteiger partial charge is 0.296 e. The number of halogens is 1. The van der Waals surface area contributed by atoms with Crippen molar-refractivity contribution in [3.8, 4) is 0 Å². The van der Waals surface area contributed by atoms with Crippen molar-refractivity contribution < 1.29 is 4.79 Å². The highest BCUT2D eigenvalue weighted by Crippen LogP contribution is 2.10. The van der Waals surface area contributed by atoms with Crippen LogP contribution in [0.3, 0.4) is 0 Å². The quantitative estimate of drug-likeness (QED) is 0.630. The van der Waals surface area contributed by atoms with Gasteiger partial charge in [0.15, 0.2) is 5.78 Å². The second-order valence-electron chi connectivity index (χ2n) is 3.56. The first-order chi connectivity index (χ1) is 6.75. The van der Waals surface area contributed by atoms with E-state index < -0.39 is 0 Å². The number of benzene rings is 1. The molecule has 2 rings (SSSR count). The topological polar surface area (TPSA) is 20.3 Å². The number of carbonyl (C=O) groups excluding carboxylic acids is 1. The number of carbonyl (C=O) groups is 1. The highest BCUT2D eigenvalue weighted by Gasteiger charge is 2.17. The van der Waals surface area contributed by atoms with Crippen molar-refractivity contribution in [1.82, 2.24) is 4.90 Å². The maximum atomic E-state index is 11.7.